The van der Waals surface area contributed by atoms with Crippen molar-refractivity contribution in [1.29, 1.82) is 0 Å². The Morgan fingerprint density at radius 2 is 2.05 bits per heavy atom. The molecule has 1 atom stereocenters. The highest BCUT2D eigenvalue weighted by Crippen LogP contribution is 2.27. The number of hydrogen-bond acceptors (Lipinski definition) is 3. The number of nitrogens with two attached hydrogens (primary N) is 1. The molecule has 0 spiro atoms. The third-order valence-electron chi connectivity index (χ3n) is 3.03. The van der Waals surface area contributed by atoms with E-state index in [0.29, 0.717) is 17.7 Å². The molecule has 0 aliphatic rings. The van der Waals surface area contributed by atoms with Crippen molar-refractivity contribution >= 4 is 11.6 Å². The van der Waals surface area contributed by atoms with Crippen LogP contribution >= 0.6 is 11.6 Å². The predicted octanol–water partition coefficient (Wildman–Crippen LogP) is 3.72. The van der Waals surface area contributed by atoms with E-state index in [0.717, 1.165) is 17.0 Å². The molecule has 5 heteroatoms. The van der Waals surface area contributed by atoms with E-state index in [1.807, 2.05) is 36.0 Å². The molecule has 4 nitrogen and oxygen atoms in total. The van der Waals surface area contributed by atoms with Gasteiger partial charge in [-0.2, -0.15) is 5.10 Å². The van der Waals surface area contributed by atoms with Gasteiger partial charge in [0.2, 0.25) is 0 Å². The van der Waals surface area contributed by atoms with Gasteiger partial charge >= 0.3 is 0 Å². The molecule has 0 amide bonds. The van der Waals surface area contributed by atoms with Crippen LogP contribution in [-0.2, 0) is 6.61 Å². The highest BCUT2D eigenvalue weighted by Gasteiger charge is 2.10. The summed E-state index contributed by atoms with van der Waals surface area (Å²) in [6.45, 7) is 6.50. The summed E-state index contributed by atoms with van der Waals surface area (Å²) in [5, 5.41) is 5.11. The summed E-state index contributed by atoms with van der Waals surface area (Å²) in [5.41, 5.74) is 7.73. The minimum Gasteiger partial charge on any atom is -0.487 e. The Morgan fingerprint density at radius 1 is 1.30 bits per heavy atom. The Kier molecular flexibility index (Phi) is 4.68. The molecule has 2 aromatic rings. The summed E-state index contributed by atoms with van der Waals surface area (Å²) in [6, 6.07) is 7.67. The summed E-state index contributed by atoms with van der Waals surface area (Å²) in [6.07, 6.45) is 1.96. The molecule has 2 N–H and O–H groups in total. The maximum atomic E-state index is 5.99. The average molecular weight is 294 g/mol. The lowest BCUT2D eigenvalue weighted by molar-refractivity contribution is 0.294. The summed E-state index contributed by atoms with van der Waals surface area (Å²) in [5.74, 6) is 0.753. The number of benzene rings is 1. The van der Waals surface area contributed by atoms with Crippen LogP contribution in [0.25, 0.3) is 0 Å². The van der Waals surface area contributed by atoms with Crippen molar-refractivity contribution in [2.75, 3.05) is 0 Å². The van der Waals surface area contributed by atoms with Crippen LogP contribution in [0.1, 0.15) is 44.1 Å². The van der Waals surface area contributed by atoms with E-state index in [1.54, 1.807) is 6.07 Å². The second-order valence-corrected chi connectivity index (χ2v) is 5.58. The Labute approximate surface area is 124 Å². The quantitative estimate of drug-likeness (QED) is 0.914. The van der Waals surface area contributed by atoms with Crippen LogP contribution < -0.4 is 10.5 Å². The molecule has 0 saturated carbocycles. The third-order valence-corrected chi connectivity index (χ3v) is 3.27. The van der Waals surface area contributed by atoms with E-state index in [-0.39, 0.29) is 6.04 Å². The van der Waals surface area contributed by atoms with Crippen LogP contribution in [0.5, 0.6) is 5.75 Å². The zero-order valence-electron chi connectivity index (χ0n) is 12.0. The fraction of sp³-hybridized carbons (Fsp3) is 0.400. The van der Waals surface area contributed by atoms with Gasteiger partial charge < -0.3 is 10.5 Å². The maximum absolute atomic E-state index is 5.99. The normalized spacial score (nSPS) is 12.7. The molecule has 0 aliphatic heterocycles. The standard InChI is InChI=1S/C15H20ClN3O/c1-10(2)19-7-6-13(18-19)9-20-15-5-4-12(16)8-14(15)11(3)17/h4-8,10-11H,9,17H2,1-3H3. The van der Waals surface area contributed by atoms with E-state index >= 15 is 0 Å². The van der Waals surface area contributed by atoms with Gasteiger partial charge in [0.05, 0.1) is 5.69 Å². The van der Waals surface area contributed by atoms with Crippen molar-refractivity contribution < 1.29 is 4.74 Å². The van der Waals surface area contributed by atoms with Crippen molar-refractivity contribution in [3.8, 4) is 5.75 Å². The van der Waals surface area contributed by atoms with Crippen LogP contribution in [0.15, 0.2) is 30.5 Å². The van der Waals surface area contributed by atoms with Crippen LogP contribution in [0.4, 0.5) is 0 Å². The molecule has 0 fully saturated rings. The first-order chi connectivity index (χ1) is 9.47. The van der Waals surface area contributed by atoms with Gasteiger partial charge in [0.25, 0.3) is 0 Å². The SMILES string of the molecule is CC(N)c1cc(Cl)ccc1OCc1ccn(C(C)C)n1. The Hall–Kier alpha value is -1.52. The van der Waals surface area contributed by atoms with Crippen molar-refractivity contribution in [1.82, 2.24) is 9.78 Å². The molecule has 0 saturated heterocycles. The van der Waals surface area contributed by atoms with Gasteiger partial charge in [-0.1, -0.05) is 11.6 Å². The van der Waals surface area contributed by atoms with Crippen LogP contribution in [0.3, 0.4) is 0 Å². The zero-order chi connectivity index (χ0) is 14.7. The smallest absolute Gasteiger partial charge is 0.132 e. The highest BCUT2D eigenvalue weighted by molar-refractivity contribution is 6.30. The number of halogens is 1. The second kappa shape index (κ2) is 6.29. The van der Waals surface area contributed by atoms with Crippen molar-refractivity contribution in [2.45, 2.75) is 39.5 Å². The maximum Gasteiger partial charge on any atom is 0.132 e. The minimum absolute atomic E-state index is 0.128. The zero-order valence-corrected chi connectivity index (χ0v) is 12.8. The first kappa shape index (κ1) is 14.9. The first-order valence-electron chi connectivity index (χ1n) is 6.69. The summed E-state index contributed by atoms with van der Waals surface area (Å²) in [4.78, 5) is 0. The van der Waals surface area contributed by atoms with Gasteiger partial charge in [0.15, 0.2) is 0 Å². The lowest BCUT2D eigenvalue weighted by Crippen LogP contribution is -2.08. The fourth-order valence-electron chi connectivity index (χ4n) is 1.90. The summed E-state index contributed by atoms with van der Waals surface area (Å²) >= 11 is 5.99. The molecule has 0 radical (unpaired) electrons. The highest BCUT2D eigenvalue weighted by atomic mass is 35.5. The molecule has 2 rings (SSSR count). The van der Waals surface area contributed by atoms with Gasteiger partial charge in [-0.05, 0) is 45.0 Å². The van der Waals surface area contributed by atoms with E-state index in [4.69, 9.17) is 22.1 Å². The number of hydrogen-bond donors (Lipinski definition) is 1. The average Bonchev–Trinajstić information content (AvgIpc) is 2.86. The number of rotatable bonds is 5. The largest absolute Gasteiger partial charge is 0.487 e. The van der Waals surface area contributed by atoms with Gasteiger partial charge in [-0.25, -0.2) is 0 Å². The van der Waals surface area contributed by atoms with E-state index in [1.165, 1.54) is 0 Å². The Bertz CT molecular complexity index is 578. The topological polar surface area (TPSA) is 53.1 Å². The van der Waals surface area contributed by atoms with E-state index in [2.05, 4.69) is 18.9 Å². The summed E-state index contributed by atoms with van der Waals surface area (Å²) in [7, 11) is 0. The molecule has 1 heterocycles. The summed E-state index contributed by atoms with van der Waals surface area (Å²) < 4.78 is 7.73. The lowest BCUT2D eigenvalue weighted by Gasteiger charge is -2.13. The van der Waals surface area contributed by atoms with Gasteiger partial charge in [0.1, 0.15) is 12.4 Å². The Balaban J connectivity index is 2.10. The first-order valence-corrected chi connectivity index (χ1v) is 7.07. The van der Waals surface area contributed by atoms with Crippen LogP contribution in [-0.4, -0.2) is 9.78 Å². The predicted molar refractivity (Wildman–Crippen MR) is 81.0 cm³/mol. The number of ether oxygens (including phenoxy) is 1. The lowest BCUT2D eigenvalue weighted by atomic mass is 10.1. The molecular formula is C15H20ClN3O. The second-order valence-electron chi connectivity index (χ2n) is 5.14. The van der Waals surface area contributed by atoms with Crippen molar-refractivity contribution in [2.24, 2.45) is 5.73 Å². The molecule has 1 aromatic carbocycles. The molecule has 20 heavy (non-hydrogen) atoms. The van der Waals surface area contributed by atoms with Crippen LogP contribution in [0.2, 0.25) is 5.02 Å². The molecule has 0 bridgehead atoms. The molecule has 1 unspecified atom stereocenters. The molecule has 108 valence electrons. The fourth-order valence-corrected chi connectivity index (χ4v) is 2.08. The van der Waals surface area contributed by atoms with Gasteiger partial charge in [0, 0.05) is 28.9 Å². The molecular weight excluding hydrogens is 274 g/mol. The van der Waals surface area contributed by atoms with Crippen LogP contribution in [0, 0.1) is 0 Å². The minimum atomic E-state index is -0.128. The van der Waals surface area contributed by atoms with E-state index in [9.17, 15) is 0 Å². The van der Waals surface area contributed by atoms with Gasteiger partial charge in [-0.15, -0.1) is 0 Å². The van der Waals surface area contributed by atoms with Gasteiger partial charge in [-0.3, -0.25) is 4.68 Å². The Morgan fingerprint density at radius 3 is 2.65 bits per heavy atom. The monoisotopic (exact) mass is 293 g/mol. The van der Waals surface area contributed by atoms with Crippen molar-refractivity contribution in [3.63, 3.8) is 0 Å². The molecule has 0 aliphatic carbocycles. The van der Waals surface area contributed by atoms with E-state index < -0.39 is 0 Å². The number of nitrogens with zero attached hydrogens (tertiary/aromatic N) is 2. The number of aromatic nitrogens is 2. The van der Waals surface area contributed by atoms with Crippen molar-refractivity contribution in [3.05, 3.63) is 46.7 Å². The third kappa shape index (κ3) is 3.52. The molecule has 1 aromatic heterocycles.